The first kappa shape index (κ1) is 39.2. The van der Waals surface area contributed by atoms with Gasteiger partial charge in [0.1, 0.15) is 5.60 Å². The van der Waals surface area contributed by atoms with Crippen molar-refractivity contribution >= 4 is 21.8 Å². The molecule has 0 bridgehead atoms. The maximum atomic E-state index is 12.8. The van der Waals surface area contributed by atoms with Crippen molar-refractivity contribution in [3.63, 3.8) is 0 Å². The first-order chi connectivity index (χ1) is 31.6. The second-order valence-electron chi connectivity index (χ2n) is 19.0. The van der Waals surface area contributed by atoms with Crippen LogP contribution >= 0.6 is 0 Å². The van der Waals surface area contributed by atoms with Crippen LogP contribution in [0.25, 0.3) is 44.3 Å². The molecule has 0 fully saturated rings. The summed E-state index contributed by atoms with van der Waals surface area (Å²) in [5.41, 5.74) is 17.3. The molecule has 1 N–H and O–H groups in total. The number of para-hydroxylation sites is 2. The monoisotopic (exact) mass is 836 g/mol. The standard InChI is InChI=1S/C31H25NO.C31H23N/c1-30(2)23-15-7-9-17-25(23)31(33,26-18-10-8-16-24(26)30)27-20-22-14-6-11-19-28(22)32-29(27)21-12-4-3-5-13-21;1-30(2)23-14-6-8-16-25(23)31(26-17-9-7-15-24(26)30)22-13-5-4-12-21(22)29-27(31)19-20-11-3-10-18-28(20)32-29/h3-20,33H,1-2H3;3-19H,1-2H3. The van der Waals surface area contributed by atoms with E-state index in [1.165, 1.54) is 44.3 Å². The van der Waals surface area contributed by atoms with Gasteiger partial charge in [-0.05, 0) is 79.9 Å². The van der Waals surface area contributed by atoms with Gasteiger partial charge in [-0.15, -0.1) is 0 Å². The molecule has 0 aliphatic heterocycles. The summed E-state index contributed by atoms with van der Waals surface area (Å²) >= 11 is 0. The van der Waals surface area contributed by atoms with Crippen molar-refractivity contribution in [1.82, 2.24) is 9.97 Å². The molecule has 2 heterocycles. The summed E-state index contributed by atoms with van der Waals surface area (Å²) in [6.07, 6.45) is 0. The van der Waals surface area contributed by atoms with Crippen LogP contribution in [-0.4, -0.2) is 15.1 Å². The van der Waals surface area contributed by atoms with E-state index in [-0.39, 0.29) is 16.2 Å². The van der Waals surface area contributed by atoms with Gasteiger partial charge in [-0.2, -0.15) is 0 Å². The maximum Gasteiger partial charge on any atom is 0.143 e. The predicted molar refractivity (Wildman–Crippen MR) is 265 cm³/mol. The van der Waals surface area contributed by atoms with Crippen molar-refractivity contribution in [1.29, 1.82) is 0 Å². The van der Waals surface area contributed by atoms with Crippen molar-refractivity contribution in [2.24, 2.45) is 0 Å². The van der Waals surface area contributed by atoms with Crippen LogP contribution < -0.4 is 0 Å². The van der Waals surface area contributed by atoms with Gasteiger partial charge in [-0.3, -0.25) is 0 Å². The van der Waals surface area contributed by atoms with Crippen LogP contribution in [0, 0.1) is 0 Å². The molecular weight excluding hydrogens is 789 g/mol. The van der Waals surface area contributed by atoms with E-state index in [4.69, 9.17) is 9.97 Å². The number of hydrogen-bond acceptors (Lipinski definition) is 3. The topological polar surface area (TPSA) is 46.0 Å². The SMILES string of the molecule is CC1(C)c2ccccc2C(O)(c2cc3ccccc3nc2-c2ccccc2)c2ccccc21.CC1(C)c2ccccc2C2(c3ccccc3-c3nc4ccccc4cc32)c2ccccc21. The van der Waals surface area contributed by atoms with E-state index in [1.54, 1.807) is 0 Å². The number of fused-ring (bicyclic) bond motifs is 13. The minimum absolute atomic E-state index is 0.0690. The Morgan fingerprint density at radius 3 is 1.22 bits per heavy atom. The average molecular weight is 837 g/mol. The quantitative estimate of drug-likeness (QED) is 0.189. The summed E-state index contributed by atoms with van der Waals surface area (Å²) in [6.45, 7) is 9.19. The van der Waals surface area contributed by atoms with Gasteiger partial charge >= 0.3 is 0 Å². The summed E-state index contributed by atoms with van der Waals surface area (Å²) < 4.78 is 0. The normalized spacial score (nSPS) is 16.0. The van der Waals surface area contributed by atoms with Gasteiger partial charge in [0, 0.05) is 38.3 Å². The van der Waals surface area contributed by atoms with E-state index in [1.807, 2.05) is 48.5 Å². The van der Waals surface area contributed by atoms with Crippen LogP contribution in [0.3, 0.4) is 0 Å². The predicted octanol–water partition coefficient (Wildman–Crippen LogP) is 14.1. The number of rotatable bonds is 2. The molecule has 3 aliphatic rings. The Hall–Kier alpha value is -7.46. The van der Waals surface area contributed by atoms with Gasteiger partial charge in [0.05, 0.1) is 27.8 Å². The minimum Gasteiger partial charge on any atom is -0.376 e. The van der Waals surface area contributed by atoms with Gasteiger partial charge in [0.2, 0.25) is 0 Å². The molecule has 3 nitrogen and oxygen atoms in total. The van der Waals surface area contributed by atoms with Crippen LogP contribution in [0.5, 0.6) is 0 Å². The van der Waals surface area contributed by atoms with Crippen LogP contribution in [-0.2, 0) is 21.8 Å². The average Bonchev–Trinajstić information content (AvgIpc) is 3.64. The van der Waals surface area contributed by atoms with Gasteiger partial charge in [-0.1, -0.05) is 216 Å². The Kier molecular flexibility index (Phi) is 8.60. The van der Waals surface area contributed by atoms with Crippen LogP contribution in [0.4, 0.5) is 0 Å². The molecule has 312 valence electrons. The summed E-state index contributed by atoms with van der Waals surface area (Å²) in [7, 11) is 0. The lowest BCUT2D eigenvalue weighted by Gasteiger charge is -2.46. The summed E-state index contributed by atoms with van der Waals surface area (Å²) in [5.74, 6) is 0. The molecular formula is C62H48N2O. The Bertz CT molecular complexity index is 3430. The fourth-order valence-corrected chi connectivity index (χ4v) is 11.8. The van der Waals surface area contributed by atoms with Crippen molar-refractivity contribution in [3.8, 4) is 22.5 Å². The highest BCUT2D eigenvalue weighted by atomic mass is 16.3. The molecule has 0 radical (unpaired) electrons. The van der Waals surface area contributed by atoms with Crippen LogP contribution in [0.15, 0.2) is 212 Å². The molecule has 1 spiro atoms. The largest absolute Gasteiger partial charge is 0.376 e. The van der Waals surface area contributed by atoms with Crippen LogP contribution in [0.1, 0.15) is 88.9 Å². The molecule has 0 saturated heterocycles. The van der Waals surface area contributed by atoms with Crippen molar-refractivity contribution in [2.75, 3.05) is 0 Å². The lowest BCUT2D eigenvalue weighted by molar-refractivity contribution is 0.117. The minimum atomic E-state index is -1.33. The smallest absolute Gasteiger partial charge is 0.143 e. The van der Waals surface area contributed by atoms with Crippen molar-refractivity contribution < 1.29 is 5.11 Å². The third kappa shape index (κ3) is 5.46. The molecule has 13 rings (SSSR count). The van der Waals surface area contributed by atoms with E-state index < -0.39 is 5.60 Å². The van der Waals surface area contributed by atoms with E-state index >= 15 is 0 Å². The van der Waals surface area contributed by atoms with Crippen molar-refractivity contribution in [3.05, 3.63) is 274 Å². The number of aromatic nitrogens is 2. The van der Waals surface area contributed by atoms with E-state index in [9.17, 15) is 5.11 Å². The highest BCUT2D eigenvalue weighted by Crippen LogP contribution is 2.62. The summed E-state index contributed by atoms with van der Waals surface area (Å²) in [6, 6.07) is 74.8. The van der Waals surface area contributed by atoms with Gasteiger partial charge in [0.15, 0.2) is 0 Å². The molecule has 8 aromatic carbocycles. The van der Waals surface area contributed by atoms with Crippen molar-refractivity contribution in [2.45, 2.75) is 49.5 Å². The number of pyridine rings is 2. The lowest BCUT2D eigenvalue weighted by atomic mass is 9.55. The number of nitrogens with zero attached hydrogens (tertiary/aromatic N) is 2. The zero-order valence-electron chi connectivity index (χ0n) is 37.0. The van der Waals surface area contributed by atoms with E-state index in [2.05, 4.69) is 191 Å². The molecule has 3 aliphatic carbocycles. The van der Waals surface area contributed by atoms with E-state index in [0.717, 1.165) is 61.2 Å². The molecule has 0 atom stereocenters. The third-order valence-electron chi connectivity index (χ3n) is 14.9. The Balaban J connectivity index is 0.000000137. The molecule has 0 unspecified atom stereocenters. The summed E-state index contributed by atoms with van der Waals surface area (Å²) in [5, 5.41) is 15.0. The fourth-order valence-electron chi connectivity index (χ4n) is 11.8. The lowest BCUT2D eigenvalue weighted by Crippen LogP contribution is -2.41. The zero-order chi connectivity index (χ0) is 44.1. The molecule has 0 saturated carbocycles. The second kappa shape index (κ2) is 14.3. The number of benzene rings is 8. The van der Waals surface area contributed by atoms with Gasteiger partial charge < -0.3 is 5.11 Å². The highest BCUT2D eigenvalue weighted by molar-refractivity contribution is 5.93. The number of aliphatic hydroxyl groups is 1. The second-order valence-corrected chi connectivity index (χ2v) is 19.0. The van der Waals surface area contributed by atoms with Gasteiger partial charge in [0.25, 0.3) is 0 Å². The zero-order valence-corrected chi connectivity index (χ0v) is 37.0. The molecule has 3 heteroatoms. The van der Waals surface area contributed by atoms with Gasteiger partial charge in [-0.25, -0.2) is 9.97 Å². The Morgan fingerprint density at radius 2 is 0.692 bits per heavy atom. The molecule has 10 aromatic rings. The van der Waals surface area contributed by atoms with Crippen LogP contribution in [0.2, 0.25) is 0 Å². The molecule has 0 amide bonds. The highest BCUT2D eigenvalue weighted by Gasteiger charge is 2.54. The Labute approximate surface area is 380 Å². The molecule has 2 aromatic heterocycles. The number of hydrogen-bond donors (Lipinski definition) is 1. The molecule has 65 heavy (non-hydrogen) atoms. The fraction of sp³-hybridized carbons (Fsp3) is 0.129. The first-order valence-electron chi connectivity index (χ1n) is 22.7. The maximum absolute atomic E-state index is 12.8. The first-order valence-corrected chi connectivity index (χ1v) is 22.7. The summed E-state index contributed by atoms with van der Waals surface area (Å²) in [4.78, 5) is 10.3. The third-order valence-corrected chi connectivity index (χ3v) is 14.9. The van der Waals surface area contributed by atoms with E-state index in [0.29, 0.717) is 0 Å². The Morgan fingerprint density at radius 1 is 0.323 bits per heavy atom.